The molecule has 0 aromatic heterocycles. The molecule has 0 radical (unpaired) electrons. The molecule has 1 unspecified atom stereocenters. The van der Waals surface area contributed by atoms with Crippen molar-refractivity contribution in [2.24, 2.45) is 0 Å². The lowest BCUT2D eigenvalue weighted by molar-refractivity contribution is -0.122. The Kier molecular flexibility index (Phi) is 6.70. The third-order valence-corrected chi connectivity index (χ3v) is 3.17. The number of hydrogen-bond donors (Lipinski definition) is 1. The summed E-state index contributed by atoms with van der Waals surface area (Å²) in [6, 6.07) is 9.72. The van der Waals surface area contributed by atoms with Crippen LogP contribution in [0.25, 0.3) is 0 Å². The number of ether oxygens (including phenoxy) is 1. The van der Waals surface area contributed by atoms with Crippen molar-refractivity contribution in [3.05, 3.63) is 30.3 Å². The first kappa shape index (κ1) is 14.0. The van der Waals surface area contributed by atoms with Crippen LogP contribution in [0.4, 0.5) is 0 Å². The Morgan fingerprint density at radius 1 is 1.41 bits per heavy atom. The monoisotopic (exact) mass is 299 g/mol. The van der Waals surface area contributed by atoms with Crippen LogP contribution in [0.3, 0.4) is 0 Å². The van der Waals surface area contributed by atoms with Gasteiger partial charge >= 0.3 is 0 Å². The summed E-state index contributed by atoms with van der Waals surface area (Å²) >= 11 is 3.36. The summed E-state index contributed by atoms with van der Waals surface area (Å²) in [5.74, 6) is 0.833. The lowest BCUT2D eigenvalue weighted by Crippen LogP contribution is -2.36. The summed E-state index contributed by atoms with van der Waals surface area (Å²) in [7, 11) is 0. The number of carbonyl (C=O) groups excluding carboxylic acids is 1. The first-order chi connectivity index (χ1) is 8.26. The number of hydrogen-bond acceptors (Lipinski definition) is 2. The smallest absolute Gasteiger partial charge is 0.223 e. The van der Waals surface area contributed by atoms with Gasteiger partial charge < -0.3 is 10.1 Å². The first-order valence-corrected chi connectivity index (χ1v) is 6.91. The molecule has 0 saturated heterocycles. The molecular weight excluding hydrogens is 282 g/mol. The van der Waals surface area contributed by atoms with E-state index in [4.69, 9.17) is 4.74 Å². The molecule has 0 heterocycles. The third kappa shape index (κ3) is 5.73. The maximum Gasteiger partial charge on any atom is 0.223 e. The van der Waals surface area contributed by atoms with Crippen molar-refractivity contribution in [2.75, 3.05) is 11.9 Å². The van der Waals surface area contributed by atoms with Crippen LogP contribution in [0.2, 0.25) is 0 Å². The van der Waals surface area contributed by atoms with Crippen molar-refractivity contribution in [1.29, 1.82) is 0 Å². The molecule has 0 spiro atoms. The summed E-state index contributed by atoms with van der Waals surface area (Å²) in [4.78, 5) is 11.5. The second kappa shape index (κ2) is 8.12. The molecule has 4 heteroatoms. The average Bonchev–Trinajstić information content (AvgIpc) is 2.37. The fraction of sp³-hybridized carbons (Fsp3) is 0.462. The Bertz CT molecular complexity index is 325. The lowest BCUT2D eigenvalue weighted by Gasteiger charge is -2.14. The molecule has 0 aliphatic rings. The molecular formula is C13H18BrNO2. The number of rotatable bonds is 7. The topological polar surface area (TPSA) is 38.3 Å². The van der Waals surface area contributed by atoms with Crippen molar-refractivity contribution < 1.29 is 9.53 Å². The van der Waals surface area contributed by atoms with Crippen molar-refractivity contribution >= 4 is 21.8 Å². The van der Waals surface area contributed by atoms with Crippen LogP contribution in [0.5, 0.6) is 5.75 Å². The quantitative estimate of drug-likeness (QED) is 0.786. The van der Waals surface area contributed by atoms with Gasteiger partial charge in [-0.05, 0) is 18.6 Å². The van der Waals surface area contributed by atoms with Crippen LogP contribution >= 0.6 is 15.9 Å². The van der Waals surface area contributed by atoms with E-state index in [2.05, 4.69) is 21.2 Å². The van der Waals surface area contributed by atoms with E-state index in [1.54, 1.807) is 0 Å². The van der Waals surface area contributed by atoms with Gasteiger partial charge in [0.1, 0.15) is 5.75 Å². The minimum absolute atomic E-state index is 0.0345. The van der Waals surface area contributed by atoms with Crippen LogP contribution < -0.4 is 10.1 Å². The van der Waals surface area contributed by atoms with Gasteiger partial charge in [-0.1, -0.05) is 41.1 Å². The summed E-state index contributed by atoms with van der Waals surface area (Å²) in [6.07, 6.45) is 1.31. The minimum atomic E-state index is 0.0345. The molecule has 0 aliphatic carbocycles. The molecule has 1 aromatic carbocycles. The van der Waals surface area contributed by atoms with Gasteiger partial charge in [-0.2, -0.15) is 0 Å². The molecule has 1 atom stereocenters. The molecule has 3 nitrogen and oxygen atoms in total. The zero-order valence-corrected chi connectivity index (χ0v) is 11.6. The van der Waals surface area contributed by atoms with E-state index in [0.29, 0.717) is 13.0 Å². The van der Waals surface area contributed by atoms with E-state index in [9.17, 15) is 4.79 Å². The predicted molar refractivity (Wildman–Crippen MR) is 72.6 cm³/mol. The number of alkyl halides is 1. The summed E-state index contributed by atoms with van der Waals surface area (Å²) < 4.78 is 5.45. The van der Waals surface area contributed by atoms with Gasteiger partial charge in [0.2, 0.25) is 5.91 Å². The maximum atomic E-state index is 11.5. The molecule has 1 N–H and O–H groups in total. The van der Waals surface area contributed by atoms with E-state index < -0.39 is 0 Å². The molecule has 0 fully saturated rings. The molecule has 0 bridgehead atoms. The maximum absolute atomic E-state index is 11.5. The van der Waals surface area contributed by atoms with Gasteiger partial charge in [-0.15, -0.1) is 0 Å². The number of nitrogens with one attached hydrogen (secondary N) is 1. The fourth-order valence-electron chi connectivity index (χ4n) is 1.33. The fourth-order valence-corrected chi connectivity index (χ4v) is 1.95. The number of para-hydroxylation sites is 1. The highest BCUT2D eigenvalue weighted by molar-refractivity contribution is 9.09. The van der Waals surface area contributed by atoms with Crippen LogP contribution in [-0.4, -0.2) is 23.9 Å². The molecule has 1 rings (SSSR count). The molecule has 1 amide bonds. The van der Waals surface area contributed by atoms with Crippen molar-refractivity contribution in [1.82, 2.24) is 5.32 Å². The third-order valence-electron chi connectivity index (χ3n) is 2.39. The van der Waals surface area contributed by atoms with E-state index in [-0.39, 0.29) is 11.9 Å². The normalized spacial score (nSPS) is 11.9. The highest BCUT2D eigenvalue weighted by atomic mass is 79.9. The Morgan fingerprint density at radius 3 is 2.71 bits per heavy atom. The zero-order chi connectivity index (χ0) is 12.5. The summed E-state index contributed by atoms with van der Waals surface area (Å²) in [5, 5.41) is 3.72. The summed E-state index contributed by atoms with van der Waals surface area (Å²) in [5.41, 5.74) is 0. The Labute approximate surface area is 111 Å². The van der Waals surface area contributed by atoms with E-state index >= 15 is 0 Å². The van der Waals surface area contributed by atoms with Crippen LogP contribution in [0.1, 0.15) is 19.8 Å². The van der Waals surface area contributed by atoms with Crippen LogP contribution in [0.15, 0.2) is 30.3 Å². The minimum Gasteiger partial charge on any atom is -0.493 e. The second-order valence-corrected chi connectivity index (χ2v) is 4.39. The number of halogens is 1. The Balaban J connectivity index is 2.20. The van der Waals surface area contributed by atoms with E-state index in [0.717, 1.165) is 17.5 Å². The molecule has 17 heavy (non-hydrogen) atoms. The molecule has 0 aliphatic heterocycles. The number of amides is 1. The number of benzene rings is 1. The second-order valence-electron chi connectivity index (χ2n) is 3.74. The highest BCUT2D eigenvalue weighted by Crippen LogP contribution is 2.08. The molecule has 0 saturated carbocycles. The van der Waals surface area contributed by atoms with Crippen molar-refractivity contribution in [3.63, 3.8) is 0 Å². The lowest BCUT2D eigenvalue weighted by atomic mass is 10.2. The van der Waals surface area contributed by atoms with E-state index in [1.807, 2.05) is 37.3 Å². The largest absolute Gasteiger partial charge is 0.493 e. The Hall–Kier alpha value is -1.03. The van der Waals surface area contributed by atoms with Gasteiger partial charge in [0.25, 0.3) is 0 Å². The van der Waals surface area contributed by atoms with Crippen LogP contribution in [-0.2, 0) is 4.79 Å². The van der Waals surface area contributed by atoms with E-state index in [1.165, 1.54) is 0 Å². The molecule has 1 aromatic rings. The standard InChI is InChI=1S/C13H18BrNO2/c1-2-11(10-14)15-13(16)8-9-17-12-6-4-3-5-7-12/h3-7,11H,2,8-10H2,1H3,(H,15,16). The zero-order valence-electron chi connectivity index (χ0n) is 9.99. The van der Waals surface area contributed by atoms with Gasteiger partial charge in [0.15, 0.2) is 0 Å². The number of carbonyl (C=O) groups is 1. The van der Waals surface area contributed by atoms with Crippen molar-refractivity contribution in [2.45, 2.75) is 25.8 Å². The first-order valence-electron chi connectivity index (χ1n) is 5.79. The van der Waals surface area contributed by atoms with Gasteiger partial charge in [0.05, 0.1) is 13.0 Å². The predicted octanol–water partition coefficient (Wildman–Crippen LogP) is 2.75. The van der Waals surface area contributed by atoms with Crippen LogP contribution in [0, 0.1) is 0 Å². The molecule has 94 valence electrons. The van der Waals surface area contributed by atoms with Gasteiger partial charge in [0, 0.05) is 11.4 Å². The Morgan fingerprint density at radius 2 is 2.12 bits per heavy atom. The SMILES string of the molecule is CCC(CBr)NC(=O)CCOc1ccccc1. The average molecular weight is 300 g/mol. The van der Waals surface area contributed by atoms with Crippen molar-refractivity contribution in [3.8, 4) is 5.75 Å². The highest BCUT2D eigenvalue weighted by Gasteiger charge is 2.08. The van der Waals surface area contributed by atoms with Gasteiger partial charge in [-0.3, -0.25) is 4.79 Å². The summed E-state index contributed by atoms with van der Waals surface area (Å²) in [6.45, 7) is 2.46. The van der Waals surface area contributed by atoms with Gasteiger partial charge in [-0.25, -0.2) is 0 Å².